The van der Waals surface area contributed by atoms with E-state index < -0.39 is 0 Å². The van der Waals surface area contributed by atoms with Crippen LogP contribution in [-0.4, -0.2) is 56.9 Å². The number of rotatable bonds is 8. The fourth-order valence-electron chi connectivity index (χ4n) is 3.65. The third kappa shape index (κ3) is 7.81. The lowest BCUT2D eigenvalue weighted by Crippen LogP contribution is -2.41. The summed E-state index contributed by atoms with van der Waals surface area (Å²) in [4.78, 5) is 11.6. The number of methoxy groups -OCH3 is 1. The first kappa shape index (κ1) is 26.2. The quantitative estimate of drug-likeness (QED) is 0.296. The molecule has 2 aromatic rings. The van der Waals surface area contributed by atoms with Crippen molar-refractivity contribution in [3.8, 4) is 5.75 Å². The van der Waals surface area contributed by atoms with Crippen LogP contribution in [0.4, 0.5) is 5.82 Å². The van der Waals surface area contributed by atoms with E-state index in [0.29, 0.717) is 6.54 Å². The highest BCUT2D eigenvalue weighted by atomic mass is 127. The molecule has 176 valence electrons. The second-order valence-corrected chi connectivity index (χ2v) is 7.84. The Morgan fingerprint density at radius 1 is 1.28 bits per heavy atom. The molecular formula is C24H36IN5O2. The number of aryl methyl sites for hydroxylation is 1. The van der Waals surface area contributed by atoms with Crippen molar-refractivity contribution < 1.29 is 9.47 Å². The average molecular weight is 553 g/mol. The van der Waals surface area contributed by atoms with Crippen molar-refractivity contribution in [2.75, 3.05) is 44.8 Å². The number of morpholine rings is 1. The molecule has 0 spiro atoms. The minimum atomic E-state index is 0. The SMILES string of the molecule is CCNC(=NCc1ccc(N2CCOC(C)C2)nc1)NCCc1cc(C)ccc1OC.I. The Bertz CT molecular complexity index is 860. The Morgan fingerprint density at radius 3 is 2.81 bits per heavy atom. The zero-order chi connectivity index (χ0) is 22.1. The molecule has 32 heavy (non-hydrogen) atoms. The molecule has 3 rings (SSSR count). The van der Waals surface area contributed by atoms with Crippen molar-refractivity contribution in [1.82, 2.24) is 15.6 Å². The van der Waals surface area contributed by atoms with Gasteiger partial charge in [0.15, 0.2) is 5.96 Å². The number of nitrogens with zero attached hydrogens (tertiary/aromatic N) is 3. The summed E-state index contributed by atoms with van der Waals surface area (Å²) in [5.41, 5.74) is 3.52. The number of benzene rings is 1. The molecule has 1 unspecified atom stereocenters. The average Bonchev–Trinajstić information content (AvgIpc) is 2.78. The molecule has 0 aliphatic carbocycles. The first-order valence-electron chi connectivity index (χ1n) is 11.1. The summed E-state index contributed by atoms with van der Waals surface area (Å²) < 4.78 is 11.1. The Hall–Kier alpha value is -2.07. The Kier molecular flexibility index (Phi) is 11.0. The normalized spacial score (nSPS) is 16.3. The van der Waals surface area contributed by atoms with Gasteiger partial charge in [-0.25, -0.2) is 9.98 Å². The molecule has 8 heteroatoms. The summed E-state index contributed by atoms with van der Waals surface area (Å²) in [5.74, 6) is 2.73. The monoisotopic (exact) mass is 553 g/mol. The van der Waals surface area contributed by atoms with Crippen LogP contribution >= 0.6 is 24.0 Å². The van der Waals surface area contributed by atoms with Gasteiger partial charge < -0.3 is 25.0 Å². The summed E-state index contributed by atoms with van der Waals surface area (Å²) >= 11 is 0. The fourth-order valence-corrected chi connectivity index (χ4v) is 3.65. The molecule has 1 saturated heterocycles. The van der Waals surface area contributed by atoms with Crippen molar-refractivity contribution in [2.24, 2.45) is 4.99 Å². The molecule has 2 N–H and O–H groups in total. The number of aliphatic imine (C=N–C) groups is 1. The number of anilines is 1. The van der Waals surface area contributed by atoms with Gasteiger partial charge in [0.1, 0.15) is 11.6 Å². The van der Waals surface area contributed by atoms with Gasteiger partial charge in [-0.2, -0.15) is 0 Å². The molecule has 1 atom stereocenters. The van der Waals surface area contributed by atoms with Gasteiger partial charge in [-0.05, 0) is 50.5 Å². The number of halogens is 1. The largest absolute Gasteiger partial charge is 0.496 e. The van der Waals surface area contributed by atoms with E-state index in [0.717, 1.165) is 62.3 Å². The van der Waals surface area contributed by atoms with E-state index in [-0.39, 0.29) is 30.1 Å². The zero-order valence-corrected chi connectivity index (χ0v) is 21.9. The minimum Gasteiger partial charge on any atom is -0.496 e. The van der Waals surface area contributed by atoms with Gasteiger partial charge in [0.05, 0.1) is 26.4 Å². The predicted molar refractivity (Wildman–Crippen MR) is 142 cm³/mol. The summed E-state index contributed by atoms with van der Waals surface area (Å²) in [7, 11) is 1.71. The van der Waals surface area contributed by atoms with Crippen LogP contribution in [0.15, 0.2) is 41.5 Å². The highest BCUT2D eigenvalue weighted by molar-refractivity contribution is 14.0. The summed E-state index contributed by atoms with van der Waals surface area (Å²) in [6.45, 7) is 10.9. The van der Waals surface area contributed by atoms with Crippen LogP contribution in [0.3, 0.4) is 0 Å². The van der Waals surface area contributed by atoms with E-state index in [1.807, 2.05) is 12.3 Å². The molecule has 2 heterocycles. The Balaban J connectivity index is 0.00000363. The number of nitrogens with one attached hydrogen (secondary N) is 2. The molecule has 0 amide bonds. The summed E-state index contributed by atoms with van der Waals surface area (Å²) in [5, 5.41) is 6.73. The molecule has 7 nitrogen and oxygen atoms in total. The molecule has 1 aromatic carbocycles. The number of guanidine groups is 1. The van der Waals surface area contributed by atoms with Gasteiger partial charge in [-0.1, -0.05) is 23.8 Å². The summed E-state index contributed by atoms with van der Waals surface area (Å²) in [6, 6.07) is 10.5. The van der Waals surface area contributed by atoms with Crippen LogP contribution in [0.25, 0.3) is 0 Å². The van der Waals surface area contributed by atoms with E-state index in [1.54, 1.807) is 7.11 Å². The lowest BCUT2D eigenvalue weighted by molar-refractivity contribution is 0.0529. The molecule has 1 aliphatic rings. The van der Waals surface area contributed by atoms with Gasteiger partial charge in [-0.15, -0.1) is 24.0 Å². The third-order valence-electron chi connectivity index (χ3n) is 5.26. The molecule has 0 radical (unpaired) electrons. The van der Waals surface area contributed by atoms with Crippen molar-refractivity contribution in [1.29, 1.82) is 0 Å². The van der Waals surface area contributed by atoms with Gasteiger partial charge in [-0.3, -0.25) is 0 Å². The second-order valence-electron chi connectivity index (χ2n) is 7.84. The topological polar surface area (TPSA) is 71.0 Å². The van der Waals surface area contributed by atoms with Crippen LogP contribution in [0, 0.1) is 6.92 Å². The zero-order valence-electron chi connectivity index (χ0n) is 19.6. The molecule has 0 bridgehead atoms. The molecule has 0 saturated carbocycles. The number of aromatic nitrogens is 1. The minimum absolute atomic E-state index is 0. The van der Waals surface area contributed by atoms with Crippen LogP contribution in [0.2, 0.25) is 0 Å². The molecule has 1 aromatic heterocycles. The van der Waals surface area contributed by atoms with Crippen LogP contribution in [0.5, 0.6) is 5.75 Å². The van der Waals surface area contributed by atoms with Crippen molar-refractivity contribution in [3.63, 3.8) is 0 Å². The maximum absolute atomic E-state index is 5.61. The van der Waals surface area contributed by atoms with E-state index in [1.165, 1.54) is 11.1 Å². The maximum atomic E-state index is 5.61. The number of hydrogen-bond acceptors (Lipinski definition) is 5. The second kappa shape index (κ2) is 13.5. The summed E-state index contributed by atoms with van der Waals surface area (Å²) in [6.07, 6.45) is 3.03. The number of ether oxygens (including phenoxy) is 2. The van der Waals surface area contributed by atoms with Gasteiger partial charge in [0, 0.05) is 32.4 Å². The predicted octanol–water partition coefficient (Wildman–Crippen LogP) is 3.54. The lowest BCUT2D eigenvalue weighted by Gasteiger charge is -2.32. The Labute approximate surface area is 209 Å². The molecule has 1 aliphatic heterocycles. The van der Waals surface area contributed by atoms with Crippen LogP contribution in [0.1, 0.15) is 30.5 Å². The standard InChI is InChI=1S/C24H35N5O2.HI/c1-5-25-24(26-11-10-21-14-18(2)6-8-22(21)30-4)28-16-20-7-9-23(27-15-20)29-12-13-31-19(3)17-29;/h6-9,14-15,19H,5,10-13,16-17H2,1-4H3,(H2,25,26,28);1H. The van der Waals surface area contributed by atoms with Gasteiger partial charge >= 0.3 is 0 Å². The van der Waals surface area contributed by atoms with Crippen molar-refractivity contribution in [3.05, 3.63) is 53.2 Å². The third-order valence-corrected chi connectivity index (χ3v) is 5.26. The first-order valence-corrected chi connectivity index (χ1v) is 11.1. The highest BCUT2D eigenvalue weighted by Crippen LogP contribution is 2.20. The number of pyridine rings is 1. The van der Waals surface area contributed by atoms with Crippen molar-refractivity contribution >= 4 is 35.8 Å². The van der Waals surface area contributed by atoms with Crippen LogP contribution in [-0.2, 0) is 17.7 Å². The molecular weight excluding hydrogens is 517 g/mol. The maximum Gasteiger partial charge on any atom is 0.191 e. The van der Waals surface area contributed by atoms with E-state index >= 15 is 0 Å². The Morgan fingerprint density at radius 2 is 2.12 bits per heavy atom. The first-order chi connectivity index (χ1) is 15.1. The van der Waals surface area contributed by atoms with Crippen molar-refractivity contribution in [2.45, 2.75) is 39.8 Å². The van der Waals surface area contributed by atoms with Gasteiger partial charge in [0.25, 0.3) is 0 Å². The lowest BCUT2D eigenvalue weighted by atomic mass is 10.1. The van der Waals surface area contributed by atoms with E-state index in [9.17, 15) is 0 Å². The molecule has 1 fully saturated rings. The van der Waals surface area contributed by atoms with Gasteiger partial charge in [0.2, 0.25) is 0 Å². The smallest absolute Gasteiger partial charge is 0.191 e. The van der Waals surface area contributed by atoms with E-state index in [4.69, 9.17) is 14.5 Å². The van der Waals surface area contributed by atoms with Crippen LogP contribution < -0.4 is 20.3 Å². The highest BCUT2D eigenvalue weighted by Gasteiger charge is 2.17. The fraction of sp³-hybridized carbons (Fsp3) is 0.500. The number of hydrogen-bond donors (Lipinski definition) is 2. The van der Waals surface area contributed by atoms with E-state index in [2.05, 4.69) is 65.6 Å².